The van der Waals surface area contributed by atoms with Crippen molar-refractivity contribution in [3.63, 3.8) is 0 Å². The second kappa shape index (κ2) is 17.1. The SMILES string of the molecule is CCCCCCCCCCCC(=O)NN=Cc1ccc(OC(=O)c2ccc(OCC)cc2)c(OC)c1. The van der Waals surface area contributed by atoms with Gasteiger partial charge in [0.1, 0.15) is 5.75 Å². The molecule has 1 amide bonds. The van der Waals surface area contributed by atoms with Crippen LogP contribution in [0.1, 0.15) is 94.0 Å². The van der Waals surface area contributed by atoms with Crippen LogP contribution in [-0.4, -0.2) is 31.8 Å². The molecule has 7 heteroatoms. The predicted octanol–water partition coefficient (Wildman–Crippen LogP) is 6.68. The van der Waals surface area contributed by atoms with Gasteiger partial charge in [0.25, 0.3) is 0 Å². The lowest BCUT2D eigenvalue weighted by Gasteiger charge is -2.10. The van der Waals surface area contributed by atoms with E-state index in [0.717, 1.165) is 12.8 Å². The number of amides is 1. The highest BCUT2D eigenvalue weighted by atomic mass is 16.6. The van der Waals surface area contributed by atoms with Crippen molar-refractivity contribution in [3.8, 4) is 17.2 Å². The predicted molar refractivity (Wildman–Crippen MR) is 143 cm³/mol. The van der Waals surface area contributed by atoms with Gasteiger partial charge in [0.2, 0.25) is 5.91 Å². The first-order valence-corrected chi connectivity index (χ1v) is 13.0. The molecule has 0 unspecified atom stereocenters. The van der Waals surface area contributed by atoms with Crippen molar-refractivity contribution >= 4 is 18.1 Å². The highest BCUT2D eigenvalue weighted by Crippen LogP contribution is 2.28. The highest BCUT2D eigenvalue weighted by molar-refractivity contribution is 5.91. The van der Waals surface area contributed by atoms with Crippen LogP contribution in [-0.2, 0) is 4.79 Å². The number of hydrazone groups is 1. The Labute approximate surface area is 215 Å². The number of benzene rings is 2. The summed E-state index contributed by atoms with van der Waals surface area (Å²) in [5.41, 5.74) is 3.68. The molecule has 0 heterocycles. The summed E-state index contributed by atoms with van der Waals surface area (Å²) in [4.78, 5) is 24.5. The molecule has 0 spiro atoms. The van der Waals surface area contributed by atoms with Crippen LogP contribution < -0.4 is 19.6 Å². The Balaban J connectivity index is 1.75. The van der Waals surface area contributed by atoms with Crippen molar-refractivity contribution in [2.75, 3.05) is 13.7 Å². The third kappa shape index (κ3) is 10.9. The van der Waals surface area contributed by atoms with Crippen molar-refractivity contribution in [1.29, 1.82) is 0 Å². The number of unbranched alkanes of at least 4 members (excludes halogenated alkanes) is 8. The van der Waals surface area contributed by atoms with Gasteiger partial charge in [-0.1, -0.05) is 58.3 Å². The van der Waals surface area contributed by atoms with Crippen LogP contribution in [0.15, 0.2) is 47.6 Å². The molecule has 1 N–H and O–H groups in total. The Kier molecular flexibility index (Phi) is 13.8. The molecule has 0 aromatic heterocycles. The highest BCUT2D eigenvalue weighted by Gasteiger charge is 2.13. The van der Waals surface area contributed by atoms with Crippen LogP contribution in [0.4, 0.5) is 0 Å². The number of esters is 1. The monoisotopic (exact) mass is 496 g/mol. The first-order chi connectivity index (χ1) is 17.6. The summed E-state index contributed by atoms with van der Waals surface area (Å²) in [6.45, 7) is 4.68. The van der Waals surface area contributed by atoms with E-state index in [4.69, 9.17) is 14.2 Å². The summed E-state index contributed by atoms with van der Waals surface area (Å²) in [5, 5.41) is 4.04. The lowest BCUT2D eigenvalue weighted by Crippen LogP contribution is -2.16. The van der Waals surface area contributed by atoms with E-state index in [0.29, 0.717) is 41.4 Å². The molecular weight excluding hydrogens is 456 g/mol. The van der Waals surface area contributed by atoms with Crippen molar-refractivity contribution < 1.29 is 23.8 Å². The summed E-state index contributed by atoms with van der Waals surface area (Å²) in [7, 11) is 1.50. The number of rotatable bonds is 17. The Hall–Kier alpha value is -3.35. The molecule has 0 radical (unpaired) electrons. The molecule has 2 rings (SSSR count). The van der Waals surface area contributed by atoms with Crippen LogP contribution in [0.25, 0.3) is 0 Å². The molecule has 196 valence electrons. The van der Waals surface area contributed by atoms with Crippen molar-refractivity contribution in [2.24, 2.45) is 5.10 Å². The first-order valence-electron chi connectivity index (χ1n) is 13.0. The number of hydrogen-bond donors (Lipinski definition) is 1. The van der Waals surface area contributed by atoms with Crippen molar-refractivity contribution in [2.45, 2.75) is 78.1 Å². The molecule has 2 aromatic rings. The van der Waals surface area contributed by atoms with E-state index < -0.39 is 5.97 Å². The normalized spacial score (nSPS) is 10.9. The van der Waals surface area contributed by atoms with Gasteiger partial charge in [-0.2, -0.15) is 5.10 Å². The second-order valence-corrected chi connectivity index (χ2v) is 8.63. The fourth-order valence-electron chi connectivity index (χ4n) is 3.69. The quantitative estimate of drug-likeness (QED) is 0.0867. The minimum Gasteiger partial charge on any atom is -0.494 e. The van der Waals surface area contributed by atoms with Gasteiger partial charge in [-0.15, -0.1) is 0 Å². The molecule has 36 heavy (non-hydrogen) atoms. The van der Waals surface area contributed by atoms with Gasteiger partial charge in [0, 0.05) is 6.42 Å². The number of ether oxygens (including phenoxy) is 3. The fourth-order valence-corrected chi connectivity index (χ4v) is 3.69. The zero-order chi connectivity index (χ0) is 26.0. The minimum atomic E-state index is -0.499. The summed E-state index contributed by atoms with van der Waals surface area (Å²) in [6, 6.07) is 11.8. The van der Waals surface area contributed by atoms with Gasteiger partial charge in [-0.05, 0) is 61.4 Å². The molecular formula is C29H40N2O5. The van der Waals surface area contributed by atoms with Crippen molar-refractivity contribution in [3.05, 3.63) is 53.6 Å². The lowest BCUT2D eigenvalue weighted by atomic mass is 10.1. The van der Waals surface area contributed by atoms with Gasteiger partial charge in [0.05, 0.1) is 25.5 Å². The Bertz CT molecular complexity index is 957. The van der Waals surface area contributed by atoms with E-state index in [-0.39, 0.29) is 5.91 Å². The molecule has 2 aromatic carbocycles. The summed E-state index contributed by atoms with van der Waals surface area (Å²) in [6.07, 6.45) is 12.9. The largest absolute Gasteiger partial charge is 0.494 e. The standard InChI is InChI=1S/C29H40N2O5/c1-4-6-7-8-9-10-11-12-13-14-28(32)31-30-22-23-15-20-26(27(21-23)34-3)36-29(33)24-16-18-25(19-17-24)35-5-2/h15-22H,4-14H2,1-3H3,(H,31,32). The third-order valence-corrected chi connectivity index (χ3v) is 5.70. The maximum Gasteiger partial charge on any atom is 0.343 e. The van der Waals surface area contributed by atoms with Crippen molar-refractivity contribution in [1.82, 2.24) is 5.43 Å². The maximum absolute atomic E-state index is 12.5. The zero-order valence-electron chi connectivity index (χ0n) is 21.9. The number of methoxy groups -OCH3 is 1. The number of nitrogens with one attached hydrogen (secondary N) is 1. The zero-order valence-corrected chi connectivity index (χ0v) is 21.9. The molecule has 7 nitrogen and oxygen atoms in total. The van der Waals surface area contributed by atoms with E-state index in [1.807, 2.05) is 6.92 Å². The Morgan fingerprint density at radius 2 is 1.53 bits per heavy atom. The van der Waals surface area contributed by atoms with E-state index in [9.17, 15) is 9.59 Å². The number of nitrogens with zero attached hydrogens (tertiary/aromatic N) is 1. The molecule has 0 aliphatic carbocycles. The van der Waals surface area contributed by atoms with Crippen LogP contribution in [0.3, 0.4) is 0 Å². The lowest BCUT2D eigenvalue weighted by molar-refractivity contribution is -0.121. The third-order valence-electron chi connectivity index (χ3n) is 5.70. The second-order valence-electron chi connectivity index (χ2n) is 8.63. The molecule has 0 aliphatic heterocycles. The molecule has 0 aliphatic rings. The molecule has 0 fully saturated rings. The van der Waals surface area contributed by atoms with Crippen LogP contribution in [0.2, 0.25) is 0 Å². The smallest absolute Gasteiger partial charge is 0.343 e. The van der Waals surface area contributed by atoms with Gasteiger partial charge < -0.3 is 14.2 Å². The topological polar surface area (TPSA) is 86.2 Å². The van der Waals surface area contributed by atoms with E-state index in [1.54, 1.807) is 42.5 Å². The minimum absolute atomic E-state index is 0.0953. The van der Waals surface area contributed by atoms with Gasteiger partial charge >= 0.3 is 5.97 Å². The van der Waals surface area contributed by atoms with E-state index in [1.165, 1.54) is 58.3 Å². The number of carbonyl (C=O) groups excluding carboxylic acids is 2. The van der Waals surface area contributed by atoms with Crippen LogP contribution >= 0.6 is 0 Å². The Morgan fingerprint density at radius 1 is 0.861 bits per heavy atom. The molecule has 0 bridgehead atoms. The number of hydrogen-bond acceptors (Lipinski definition) is 6. The van der Waals surface area contributed by atoms with Crippen LogP contribution in [0.5, 0.6) is 17.2 Å². The van der Waals surface area contributed by atoms with E-state index >= 15 is 0 Å². The summed E-state index contributed by atoms with van der Waals surface area (Å²) >= 11 is 0. The molecule has 0 saturated heterocycles. The average Bonchev–Trinajstić information content (AvgIpc) is 2.89. The van der Waals surface area contributed by atoms with Gasteiger partial charge in [-0.25, -0.2) is 10.2 Å². The Morgan fingerprint density at radius 3 is 2.17 bits per heavy atom. The van der Waals surface area contributed by atoms with Crippen LogP contribution in [0, 0.1) is 0 Å². The molecule has 0 saturated carbocycles. The average molecular weight is 497 g/mol. The van der Waals surface area contributed by atoms with E-state index in [2.05, 4.69) is 17.5 Å². The fraction of sp³-hybridized carbons (Fsp3) is 0.483. The summed E-state index contributed by atoms with van der Waals surface area (Å²) in [5.74, 6) is 0.779. The molecule has 0 atom stereocenters. The summed E-state index contributed by atoms with van der Waals surface area (Å²) < 4.78 is 16.3. The van der Waals surface area contributed by atoms with Gasteiger partial charge in [-0.3, -0.25) is 4.79 Å². The van der Waals surface area contributed by atoms with Gasteiger partial charge in [0.15, 0.2) is 11.5 Å². The number of carbonyl (C=O) groups is 2. The maximum atomic E-state index is 12.5. The first kappa shape index (κ1) is 28.9.